The number of carbonyl (C=O) groups is 3. The molecule has 1 saturated carbocycles. The fraction of sp³-hybridized carbons (Fsp3) is 0.423. The molecule has 0 radical (unpaired) electrons. The van der Waals surface area contributed by atoms with Crippen LogP contribution in [0, 0.1) is 5.92 Å². The van der Waals surface area contributed by atoms with Crippen LogP contribution in [0.2, 0.25) is 0 Å². The van der Waals surface area contributed by atoms with Gasteiger partial charge in [0.25, 0.3) is 0 Å². The van der Waals surface area contributed by atoms with Gasteiger partial charge in [-0.15, -0.1) is 0 Å². The van der Waals surface area contributed by atoms with E-state index in [0.717, 1.165) is 23.3 Å². The number of hydrogen-bond acceptors (Lipinski definition) is 5. The molecule has 34 heavy (non-hydrogen) atoms. The molecule has 0 aromatic heterocycles. The zero-order valence-electron chi connectivity index (χ0n) is 18.8. The monoisotopic (exact) mass is 480 g/mol. The van der Waals surface area contributed by atoms with Gasteiger partial charge in [-0.3, -0.25) is 4.79 Å². The molecule has 0 bridgehead atoms. The van der Waals surface area contributed by atoms with Crippen molar-refractivity contribution in [3.8, 4) is 11.1 Å². The molecule has 2 aromatic rings. The number of thioether (sulfide) groups is 1. The molecule has 0 spiro atoms. The van der Waals surface area contributed by atoms with Gasteiger partial charge in [-0.2, -0.15) is 11.8 Å². The number of nitrogens with one attached hydrogen (secondary N) is 1. The Labute approximate surface area is 202 Å². The van der Waals surface area contributed by atoms with E-state index in [0.29, 0.717) is 25.1 Å². The Balaban J connectivity index is 1.23. The van der Waals surface area contributed by atoms with Crippen molar-refractivity contribution in [1.82, 2.24) is 10.2 Å². The van der Waals surface area contributed by atoms with Gasteiger partial charge < -0.3 is 20.1 Å². The van der Waals surface area contributed by atoms with Crippen LogP contribution >= 0.6 is 11.8 Å². The van der Waals surface area contributed by atoms with Gasteiger partial charge in [-0.05, 0) is 35.1 Å². The molecule has 3 atom stereocenters. The average Bonchev–Trinajstić information content (AvgIpc) is 3.44. The van der Waals surface area contributed by atoms with E-state index in [1.165, 1.54) is 16.0 Å². The fourth-order valence-corrected chi connectivity index (χ4v) is 6.54. The summed E-state index contributed by atoms with van der Waals surface area (Å²) in [5.74, 6) is -0.453. The molecule has 178 valence electrons. The first-order chi connectivity index (χ1) is 16.5. The SMILES string of the molecule is O=C(N[C@@H]1CCC[C@@H]1C(=O)N1CCSCC1C(=O)O)OCC1c2ccccc2-c2ccccc21. The lowest BCUT2D eigenvalue weighted by Crippen LogP contribution is -2.54. The maximum absolute atomic E-state index is 13.2. The smallest absolute Gasteiger partial charge is 0.407 e. The summed E-state index contributed by atoms with van der Waals surface area (Å²) in [5, 5.41) is 12.4. The van der Waals surface area contributed by atoms with E-state index in [2.05, 4.69) is 29.6 Å². The summed E-state index contributed by atoms with van der Waals surface area (Å²) >= 11 is 1.55. The number of rotatable bonds is 5. The minimum absolute atomic E-state index is 0.0265. The van der Waals surface area contributed by atoms with Crippen LogP contribution in [0.5, 0.6) is 0 Å². The molecule has 2 aliphatic carbocycles. The maximum atomic E-state index is 13.2. The second kappa shape index (κ2) is 9.70. The summed E-state index contributed by atoms with van der Waals surface area (Å²) in [4.78, 5) is 39.1. The number of carboxylic acids is 1. The molecule has 2 aromatic carbocycles. The van der Waals surface area contributed by atoms with Crippen molar-refractivity contribution in [2.75, 3.05) is 24.7 Å². The van der Waals surface area contributed by atoms with Gasteiger partial charge in [-0.1, -0.05) is 55.0 Å². The van der Waals surface area contributed by atoms with E-state index in [9.17, 15) is 19.5 Å². The van der Waals surface area contributed by atoms with Gasteiger partial charge >= 0.3 is 12.1 Å². The zero-order chi connectivity index (χ0) is 23.7. The van der Waals surface area contributed by atoms with Crippen LogP contribution in [0.25, 0.3) is 11.1 Å². The third-order valence-electron chi connectivity index (χ3n) is 7.18. The molecule has 3 aliphatic rings. The minimum atomic E-state index is -0.973. The maximum Gasteiger partial charge on any atom is 0.407 e. The molecule has 1 unspecified atom stereocenters. The van der Waals surface area contributed by atoms with Crippen LogP contribution < -0.4 is 5.32 Å². The average molecular weight is 481 g/mol. The van der Waals surface area contributed by atoms with Crippen molar-refractivity contribution in [2.45, 2.75) is 37.3 Å². The summed E-state index contributed by atoms with van der Waals surface area (Å²) in [7, 11) is 0. The highest BCUT2D eigenvalue weighted by molar-refractivity contribution is 7.99. The lowest BCUT2D eigenvalue weighted by atomic mass is 9.98. The second-order valence-electron chi connectivity index (χ2n) is 9.07. The number of carboxylic acid groups (broad SMARTS) is 1. The van der Waals surface area contributed by atoms with Gasteiger partial charge in [0.1, 0.15) is 12.6 Å². The second-order valence-corrected chi connectivity index (χ2v) is 10.2. The van der Waals surface area contributed by atoms with Crippen LogP contribution in [0.3, 0.4) is 0 Å². The third kappa shape index (κ3) is 4.27. The highest BCUT2D eigenvalue weighted by atomic mass is 32.2. The number of hydrogen-bond donors (Lipinski definition) is 2. The van der Waals surface area contributed by atoms with Crippen molar-refractivity contribution in [2.24, 2.45) is 5.92 Å². The molecule has 8 heteroatoms. The van der Waals surface area contributed by atoms with Gasteiger partial charge in [0, 0.05) is 30.0 Å². The van der Waals surface area contributed by atoms with E-state index in [4.69, 9.17) is 4.74 Å². The van der Waals surface area contributed by atoms with E-state index < -0.39 is 24.0 Å². The lowest BCUT2D eigenvalue weighted by molar-refractivity contribution is -0.151. The molecule has 2 N–H and O–H groups in total. The first-order valence-electron chi connectivity index (χ1n) is 11.8. The van der Waals surface area contributed by atoms with Gasteiger partial charge in [0.15, 0.2) is 0 Å². The number of fused-ring (bicyclic) bond motifs is 3. The summed E-state index contributed by atoms with van der Waals surface area (Å²) in [6, 6.07) is 15.2. The number of nitrogens with zero attached hydrogens (tertiary/aromatic N) is 1. The normalized spacial score (nSPS) is 23.8. The van der Waals surface area contributed by atoms with Crippen molar-refractivity contribution >= 4 is 29.7 Å². The van der Waals surface area contributed by atoms with Crippen LogP contribution in [0.15, 0.2) is 48.5 Å². The number of amides is 2. The van der Waals surface area contributed by atoms with E-state index in [1.807, 2.05) is 24.3 Å². The van der Waals surface area contributed by atoms with E-state index in [-0.39, 0.29) is 24.5 Å². The number of alkyl carbamates (subject to hydrolysis) is 1. The molecule has 1 heterocycles. The summed E-state index contributed by atoms with van der Waals surface area (Å²) in [6.07, 6.45) is 1.60. The van der Waals surface area contributed by atoms with Gasteiger partial charge in [-0.25, -0.2) is 9.59 Å². The fourth-order valence-electron chi connectivity index (χ4n) is 5.50. The molecule has 1 aliphatic heterocycles. The van der Waals surface area contributed by atoms with Gasteiger partial charge in [0.2, 0.25) is 5.91 Å². The van der Waals surface area contributed by atoms with Crippen LogP contribution in [0.4, 0.5) is 4.79 Å². The van der Waals surface area contributed by atoms with Crippen molar-refractivity contribution in [1.29, 1.82) is 0 Å². The molecular weight excluding hydrogens is 452 g/mol. The Kier molecular flexibility index (Phi) is 6.50. The highest BCUT2D eigenvalue weighted by Crippen LogP contribution is 2.44. The Morgan fingerprint density at radius 3 is 2.38 bits per heavy atom. The standard InChI is InChI=1S/C26H28N2O5S/c29-24(28-12-13-34-15-23(28)25(30)31)20-10-5-11-22(20)27-26(32)33-14-21-18-8-3-1-6-16(18)17-7-2-4-9-19(17)21/h1-4,6-9,20-23H,5,10-15H2,(H,27,32)(H,30,31)/t20-,22+,23?/m0/s1. The molecule has 2 amide bonds. The van der Waals surface area contributed by atoms with Crippen LogP contribution in [-0.4, -0.2) is 64.7 Å². The van der Waals surface area contributed by atoms with Crippen molar-refractivity contribution < 1.29 is 24.2 Å². The van der Waals surface area contributed by atoms with E-state index in [1.54, 1.807) is 11.8 Å². The number of aliphatic carboxylic acids is 1. The molecule has 1 saturated heterocycles. The Bertz CT molecular complexity index is 1060. The predicted molar refractivity (Wildman–Crippen MR) is 130 cm³/mol. The topological polar surface area (TPSA) is 95.9 Å². The van der Waals surface area contributed by atoms with E-state index >= 15 is 0 Å². The lowest BCUT2D eigenvalue weighted by Gasteiger charge is -2.35. The minimum Gasteiger partial charge on any atom is -0.480 e. The van der Waals surface area contributed by atoms with Gasteiger partial charge in [0.05, 0.1) is 5.92 Å². The Hall–Kier alpha value is -3.00. The summed E-state index contributed by atoms with van der Waals surface area (Å²) < 4.78 is 5.66. The largest absolute Gasteiger partial charge is 0.480 e. The first kappa shape index (κ1) is 22.8. The van der Waals surface area contributed by atoms with Crippen molar-refractivity contribution in [3.05, 3.63) is 59.7 Å². The Morgan fingerprint density at radius 1 is 1.03 bits per heavy atom. The highest BCUT2D eigenvalue weighted by Gasteiger charge is 2.41. The predicted octanol–water partition coefficient (Wildman–Crippen LogP) is 3.72. The molecule has 2 fully saturated rings. The molecule has 7 nitrogen and oxygen atoms in total. The number of carbonyl (C=O) groups excluding carboxylic acids is 2. The number of benzene rings is 2. The molecular formula is C26H28N2O5S. The summed E-state index contributed by atoms with van der Waals surface area (Å²) in [6.45, 7) is 0.643. The first-order valence-corrected chi connectivity index (χ1v) is 12.9. The number of ether oxygens (including phenoxy) is 1. The zero-order valence-corrected chi connectivity index (χ0v) is 19.6. The Morgan fingerprint density at radius 2 is 1.71 bits per heavy atom. The third-order valence-corrected chi connectivity index (χ3v) is 8.20. The van der Waals surface area contributed by atoms with Crippen molar-refractivity contribution in [3.63, 3.8) is 0 Å². The summed E-state index contributed by atoms with van der Waals surface area (Å²) in [5.41, 5.74) is 4.63. The molecule has 5 rings (SSSR count). The van der Waals surface area contributed by atoms with Crippen LogP contribution in [0.1, 0.15) is 36.3 Å². The van der Waals surface area contributed by atoms with Crippen LogP contribution in [-0.2, 0) is 14.3 Å². The quantitative estimate of drug-likeness (QED) is 0.677.